The molecule has 0 amide bonds. The number of hydrogen-bond acceptors (Lipinski definition) is 4. The number of rotatable bonds is 4. The number of nitrogens with one attached hydrogen (secondary N) is 1. The molecular weight excluding hydrogens is 226 g/mol. The molecule has 0 saturated carbocycles. The van der Waals surface area contributed by atoms with Crippen LogP contribution in [0.5, 0.6) is 0 Å². The Kier molecular flexibility index (Phi) is 4.30. The zero-order valence-corrected chi connectivity index (χ0v) is 11.6. The molecule has 1 aliphatic rings. The molecule has 0 spiro atoms. The minimum Gasteiger partial charge on any atom is -0.375 e. The maximum Gasteiger partial charge on any atom is 0.125 e. The van der Waals surface area contributed by atoms with Gasteiger partial charge in [-0.1, -0.05) is 6.92 Å². The molecule has 18 heavy (non-hydrogen) atoms. The van der Waals surface area contributed by atoms with Gasteiger partial charge in [-0.15, -0.1) is 0 Å². The van der Waals surface area contributed by atoms with Crippen LogP contribution in [-0.2, 0) is 11.3 Å². The van der Waals surface area contributed by atoms with Crippen LogP contribution in [0.15, 0.2) is 12.3 Å². The number of aromatic nitrogens is 2. The normalized spacial score (nSPS) is 28.3. The molecule has 2 rings (SSSR count). The second kappa shape index (κ2) is 5.76. The Morgan fingerprint density at radius 1 is 1.56 bits per heavy atom. The number of hydrogen-bond donors (Lipinski definition) is 1. The van der Waals surface area contributed by atoms with Gasteiger partial charge in [0.2, 0.25) is 0 Å². The zero-order chi connectivity index (χ0) is 13.0. The fraction of sp³-hybridized carbons (Fsp3) is 0.714. The third-order valence-electron chi connectivity index (χ3n) is 3.75. The molecule has 100 valence electrons. The molecule has 1 N–H and O–H groups in total. The van der Waals surface area contributed by atoms with Gasteiger partial charge < -0.3 is 10.1 Å². The minimum atomic E-state index is 0.0392. The second-order valence-electron chi connectivity index (χ2n) is 5.32. The molecule has 1 aromatic rings. The van der Waals surface area contributed by atoms with E-state index in [1.165, 1.54) is 0 Å². The Bertz CT molecular complexity index is 396. The van der Waals surface area contributed by atoms with Crippen LogP contribution in [0.3, 0.4) is 0 Å². The molecule has 0 bridgehead atoms. The Hall–Kier alpha value is -1.00. The Balaban J connectivity index is 1.87. The number of ether oxygens (including phenoxy) is 1. The fourth-order valence-electron chi connectivity index (χ4n) is 2.40. The fourth-order valence-corrected chi connectivity index (χ4v) is 2.40. The van der Waals surface area contributed by atoms with Crippen molar-refractivity contribution in [3.63, 3.8) is 0 Å². The summed E-state index contributed by atoms with van der Waals surface area (Å²) >= 11 is 0. The van der Waals surface area contributed by atoms with Crippen LogP contribution < -0.4 is 5.32 Å². The van der Waals surface area contributed by atoms with Crippen LogP contribution in [0.4, 0.5) is 0 Å². The van der Waals surface area contributed by atoms with E-state index in [1.54, 1.807) is 0 Å². The third kappa shape index (κ3) is 3.50. The monoisotopic (exact) mass is 249 g/mol. The summed E-state index contributed by atoms with van der Waals surface area (Å²) in [5.74, 6) is 0.833. The van der Waals surface area contributed by atoms with Crippen molar-refractivity contribution in [2.24, 2.45) is 0 Å². The van der Waals surface area contributed by atoms with E-state index in [1.807, 2.05) is 19.2 Å². The summed E-state index contributed by atoms with van der Waals surface area (Å²) in [7, 11) is 0. The standard InChI is InChI=1S/C14H23N3O/c1-4-14(3)9-12(6-8-18-14)16-10-13-5-7-15-11(2)17-13/h5,7,12,16H,4,6,8-10H2,1-3H3. The zero-order valence-electron chi connectivity index (χ0n) is 11.6. The van der Waals surface area contributed by atoms with Gasteiger partial charge in [0.15, 0.2) is 0 Å². The summed E-state index contributed by atoms with van der Waals surface area (Å²) in [6.45, 7) is 7.98. The highest BCUT2D eigenvalue weighted by molar-refractivity contribution is 5.01. The Morgan fingerprint density at radius 3 is 3.11 bits per heavy atom. The van der Waals surface area contributed by atoms with Gasteiger partial charge in [0.1, 0.15) is 5.82 Å². The third-order valence-corrected chi connectivity index (χ3v) is 3.75. The second-order valence-corrected chi connectivity index (χ2v) is 5.32. The average molecular weight is 249 g/mol. The lowest BCUT2D eigenvalue weighted by Gasteiger charge is -2.38. The number of aryl methyl sites for hydroxylation is 1. The summed E-state index contributed by atoms with van der Waals surface area (Å²) in [5.41, 5.74) is 1.10. The molecule has 1 aromatic heterocycles. The first-order chi connectivity index (χ1) is 8.61. The van der Waals surface area contributed by atoms with Gasteiger partial charge in [-0.3, -0.25) is 0 Å². The predicted octanol–water partition coefficient (Wildman–Crippen LogP) is 2.22. The first-order valence-electron chi connectivity index (χ1n) is 6.77. The first-order valence-corrected chi connectivity index (χ1v) is 6.77. The minimum absolute atomic E-state index is 0.0392. The van der Waals surface area contributed by atoms with Gasteiger partial charge in [0, 0.05) is 25.4 Å². The summed E-state index contributed by atoms with van der Waals surface area (Å²) < 4.78 is 5.85. The van der Waals surface area contributed by atoms with Gasteiger partial charge in [-0.2, -0.15) is 0 Å². The lowest BCUT2D eigenvalue weighted by atomic mass is 9.90. The van der Waals surface area contributed by atoms with Gasteiger partial charge in [0.25, 0.3) is 0 Å². The molecule has 2 heterocycles. The van der Waals surface area contributed by atoms with Crippen molar-refractivity contribution in [1.29, 1.82) is 0 Å². The SMILES string of the molecule is CCC1(C)CC(NCc2ccnc(C)n2)CCO1. The van der Waals surface area contributed by atoms with Gasteiger partial charge in [-0.05, 0) is 39.2 Å². The molecule has 4 nitrogen and oxygen atoms in total. The summed E-state index contributed by atoms with van der Waals surface area (Å²) in [4.78, 5) is 8.52. The van der Waals surface area contributed by atoms with E-state index in [9.17, 15) is 0 Å². The van der Waals surface area contributed by atoms with Gasteiger partial charge >= 0.3 is 0 Å². The van der Waals surface area contributed by atoms with Crippen molar-refractivity contribution in [2.45, 2.75) is 58.2 Å². The van der Waals surface area contributed by atoms with Crippen molar-refractivity contribution in [3.8, 4) is 0 Å². The van der Waals surface area contributed by atoms with Crippen molar-refractivity contribution < 1.29 is 4.74 Å². The Labute approximate surface area is 109 Å². The van der Waals surface area contributed by atoms with Gasteiger partial charge in [-0.25, -0.2) is 9.97 Å². The van der Waals surface area contributed by atoms with Crippen molar-refractivity contribution >= 4 is 0 Å². The quantitative estimate of drug-likeness (QED) is 0.889. The molecule has 1 fully saturated rings. The van der Waals surface area contributed by atoms with Crippen LogP contribution in [0.25, 0.3) is 0 Å². The lowest BCUT2D eigenvalue weighted by Crippen LogP contribution is -2.44. The molecule has 4 heteroatoms. The highest BCUT2D eigenvalue weighted by atomic mass is 16.5. The van der Waals surface area contributed by atoms with E-state index in [2.05, 4.69) is 29.1 Å². The molecule has 1 saturated heterocycles. The van der Waals surface area contributed by atoms with Crippen LogP contribution >= 0.6 is 0 Å². The highest BCUT2D eigenvalue weighted by Gasteiger charge is 2.31. The van der Waals surface area contributed by atoms with Crippen LogP contribution in [0.2, 0.25) is 0 Å². The van der Waals surface area contributed by atoms with E-state index in [-0.39, 0.29) is 5.60 Å². The van der Waals surface area contributed by atoms with Crippen LogP contribution in [0.1, 0.15) is 44.6 Å². The molecule has 0 aliphatic carbocycles. The summed E-state index contributed by atoms with van der Waals surface area (Å²) in [5, 5.41) is 3.58. The van der Waals surface area contributed by atoms with Crippen molar-refractivity contribution in [2.75, 3.05) is 6.61 Å². The van der Waals surface area contributed by atoms with Crippen molar-refractivity contribution in [3.05, 3.63) is 23.8 Å². The van der Waals surface area contributed by atoms with E-state index in [4.69, 9.17) is 4.74 Å². The molecule has 0 aromatic carbocycles. The molecule has 2 atom stereocenters. The lowest BCUT2D eigenvalue weighted by molar-refractivity contribution is -0.0781. The molecular formula is C14H23N3O. The summed E-state index contributed by atoms with van der Waals surface area (Å²) in [6.07, 6.45) is 5.05. The van der Waals surface area contributed by atoms with Crippen LogP contribution in [-0.4, -0.2) is 28.2 Å². The van der Waals surface area contributed by atoms with Crippen LogP contribution in [0, 0.1) is 6.92 Å². The maximum atomic E-state index is 5.85. The molecule has 2 unspecified atom stereocenters. The van der Waals surface area contributed by atoms with E-state index >= 15 is 0 Å². The predicted molar refractivity (Wildman–Crippen MR) is 71.3 cm³/mol. The highest BCUT2D eigenvalue weighted by Crippen LogP contribution is 2.27. The van der Waals surface area contributed by atoms with Gasteiger partial charge in [0.05, 0.1) is 11.3 Å². The maximum absolute atomic E-state index is 5.85. The smallest absolute Gasteiger partial charge is 0.125 e. The first kappa shape index (κ1) is 13.4. The topological polar surface area (TPSA) is 47.0 Å². The summed E-state index contributed by atoms with van der Waals surface area (Å²) in [6, 6.07) is 2.50. The molecule has 0 radical (unpaired) electrons. The van der Waals surface area contributed by atoms with E-state index in [0.717, 1.165) is 43.9 Å². The average Bonchev–Trinajstić information content (AvgIpc) is 2.37. The Morgan fingerprint density at radius 2 is 2.39 bits per heavy atom. The van der Waals surface area contributed by atoms with Crippen molar-refractivity contribution in [1.82, 2.24) is 15.3 Å². The molecule has 1 aliphatic heterocycles. The van der Waals surface area contributed by atoms with E-state index in [0.29, 0.717) is 6.04 Å². The number of nitrogens with zero attached hydrogens (tertiary/aromatic N) is 2. The van der Waals surface area contributed by atoms with E-state index < -0.39 is 0 Å². The largest absolute Gasteiger partial charge is 0.375 e.